The molecule has 19 heavy (non-hydrogen) atoms. The lowest BCUT2D eigenvalue weighted by Gasteiger charge is -2.26. The minimum absolute atomic E-state index is 0.0302. The predicted molar refractivity (Wildman–Crippen MR) is 78.4 cm³/mol. The van der Waals surface area contributed by atoms with Crippen molar-refractivity contribution in [2.75, 3.05) is 6.54 Å². The molecule has 0 radical (unpaired) electrons. The molecule has 0 heterocycles. The summed E-state index contributed by atoms with van der Waals surface area (Å²) >= 11 is 12.0. The fourth-order valence-electron chi connectivity index (χ4n) is 2.04. The maximum absolute atomic E-state index is 13.4. The first-order valence-corrected chi connectivity index (χ1v) is 7.13. The molecule has 2 unspecified atom stereocenters. The summed E-state index contributed by atoms with van der Waals surface area (Å²) < 4.78 is 13.4. The van der Waals surface area contributed by atoms with Crippen LogP contribution in [0.3, 0.4) is 0 Å². The lowest BCUT2D eigenvalue weighted by molar-refractivity contribution is 0.0476. The molecular formula is C14H20Cl2FNO. The minimum atomic E-state index is -0.796. The summed E-state index contributed by atoms with van der Waals surface area (Å²) in [7, 11) is 0. The van der Waals surface area contributed by atoms with Crippen LogP contribution in [0.4, 0.5) is 4.39 Å². The van der Waals surface area contributed by atoms with Crippen molar-refractivity contribution in [2.45, 2.75) is 45.3 Å². The smallest absolute Gasteiger partial charge is 0.142 e. The van der Waals surface area contributed by atoms with Gasteiger partial charge in [-0.25, -0.2) is 4.39 Å². The van der Waals surface area contributed by atoms with Crippen molar-refractivity contribution in [3.05, 3.63) is 33.6 Å². The van der Waals surface area contributed by atoms with E-state index in [0.717, 1.165) is 6.42 Å². The Kier molecular flexibility index (Phi) is 6.06. The van der Waals surface area contributed by atoms with Gasteiger partial charge in [0.25, 0.3) is 0 Å². The summed E-state index contributed by atoms with van der Waals surface area (Å²) in [6, 6.07) is 2.49. The van der Waals surface area contributed by atoms with Gasteiger partial charge in [-0.3, -0.25) is 0 Å². The van der Waals surface area contributed by atoms with Crippen molar-refractivity contribution in [2.24, 2.45) is 0 Å². The summed E-state index contributed by atoms with van der Waals surface area (Å²) in [6.45, 7) is 6.02. The largest absolute Gasteiger partial charge is 0.389 e. The maximum atomic E-state index is 13.4. The standard InChI is InChI=1S/C14H20Cl2FNO/c1-4-7-14(3,19)8-18-9(2)12-10(15)5-6-11(17)13(12)16/h5-6,9,18-19H,4,7-8H2,1-3H3. The van der Waals surface area contributed by atoms with E-state index in [9.17, 15) is 9.50 Å². The molecule has 0 aliphatic carbocycles. The fraction of sp³-hybridized carbons (Fsp3) is 0.571. The van der Waals surface area contributed by atoms with Gasteiger partial charge < -0.3 is 10.4 Å². The van der Waals surface area contributed by atoms with Crippen LogP contribution in [0, 0.1) is 5.82 Å². The van der Waals surface area contributed by atoms with Crippen molar-refractivity contribution in [1.29, 1.82) is 0 Å². The van der Waals surface area contributed by atoms with Gasteiger partial charge in [0.2, 0.25) is 0 Å². The first-order chi connectivity index (χ1) is 8.78. The molecule has 0 fully saturated rings. The van der Waals surface area contributed by atoms with Crippen LogP contribution in [0.25, 0.3) is 0 Å². The second-order valence-electron chi connectivity index (χ2n) is 5.11. The van der Waals surface area contributed by atoms with Crippen molar-refractivity contribution >= 4 is 23.2 Å². The molecule has 1 aromatic rings. The van der Waals surface area contributed by atoms with Crippen molar-refractivity contribution in [3.8, 4) is 0 Å². The van der Waals surface area contributed by atoms with Crippen LogP contribution in [0.2, 0.25) is 10.0 Å². The summed E-state index contributed by atoms with van der Waals surface area (Å²) in [6.07, 6.45) is 1.59. The lowest BCUT2D eigenvalue weighted by atomic mass is 9.99. The van der Waals surface area contributed by atoms with Gasteiger partial charge >= 0.3 is 0 Å². The maximum Gasteiger partial charge on any atom is 0.142 e. The van der Waals surface area contributed by atoms with Gasteiger partial charge in [0.15, 0.2) is 0 Å². The van der Waals surface area contributed by atoms with E-state index in [1.807, 2.05) is 13.8 Å². The SMILES string of the molecule is CCCC(C)(O)CNC(C)c1c(Cl)ccc(F)c1Cl. The zero-order valence-corrected chi connectivity index (χ0v) is 12.9. The Balaban J connectivity index is 2.79. The van der Waals surface area contributed by atoms with E-state index < -0.39 is 11.4 Å². The first-order valence-electron chi connectivity index (χ1n) is 6.37. The van der Waals surface area contributed by atoms with Crippen molar-refractivity contribution < 1.29 is 9.50 Å². The molecule has 108 valence electrons. The summed E-state index contributed by atoms with van der Waals surface area (Å²) in [5.41, 5.74) is -0.273. The molecule has 1 rings (SSSR count). The second kappa shape index (κ2) is 6.89. The molecule has 0 aliphatic heterocycles. The van der Waals surface area contributed by atoms with Crippen LogP contribution in [-0.4, -0.2) is 17.3 Å². The second-order valence-corrected chi connectivity index (χ2v) is 5.89. The van der Waals surface area contributed by atoms with E-state index in [0.29, 0.717) is 23.6 Å². The molecule has 1 aromatic carbocycles. The Labute approximate surface area is 123 Å². The highest BCUT2D eigenvalue weighted by atomic mass is 35.5. The number of rotatable bonds is 6. The zero-order valence-electron chi connectivity index (χ0n) is 11.4. The molecule has 0 aliphatic rings. The van der Waals surface area contributed by atoms with E-state index in [2.05, 4.69) is 5.32 Å². The zero-order chi connectivity index (χ0) is 14.6. The average Bonchev–Trinajstić information content (AvgIpc) is 2.32. The van der Waals surface area contributed by atoms with E-state index >= 15 is 0 Å². The highest BCUT2D eigenvalue weighted by Crippen LogP contribution is 2.32. The molecule has 0 saturated heterocycles. The summed E-state index contributed by atoms with van der Waals surface area (Å²) in [4.78, 5) is 0. The Morgan fingerprint density at radius 1 is 1.42 bits per heavy atom. The molecule has 0 amide bonds. The van der Waals surface area contributed by atoms with Gasteiger partial charge in [-0.05, 0) is 32.4 Å². The molecular weight excluding hydrogens is 288 g/mol. The van der Waals surface area contributed by atoms with Crippen LogP contribution < -0.4 is 5.32 Å². The number of nitrogens with one attached hydrogen (secondary N) is 1. The van der Waals surface area contributed by atoms with E-state index in [1.165, 1.54) is 12.1 Å². The third-order valence-electron chi connectivity index (χ3n) is 3.09. The number of aliphatic hydroxyl groups is 1. The Morgan fingerprint density at radius 2 is 2.05 bits per heavy atom. The molecule has 5 heteroatoms. The van der Waals surface area contributed by atoms with Gasteiger partial charge in [0.05, 0.1) is 10.6 Å². The van der Waals surface area contributed by atoms with Crippen LogP contribution in [0.1, 0.15) is 45.2 Å². The fourth-order valence-corrected chi connectivity index (χ4v) is 2.74. The van der Waals surface area contributed by atoms with E-state index in [-0.39, 0.29) is 11.1 Å². The van der Waals surface area contributed by atoms with Crippen molar-refractivity contribution in [1.82, 2.24) is 5.32 Å². The van der Waals surface area contributed by atoms with Crippen LogP contribution in [-0.2, 0) is 0 Å². The van der Waals surface area contributed by atoms with E-state index in [1.54, 1.807) is 6.92 Å². The third kappa shape index (κ3) is 4.60. The third-order valence-corrected chi connectivity index (χ3v) is 3.80. The predicted octanol–water partition coefficient (Wildman–Crippen LogP) is 4.33. The monoisotopic (exact) mass is 307 g/mol. The molecule has 0 saturated carbocycles. The Hall–Kier alpha value is -0.350. The van der Waals surface area contributed by atoms with Crippen LogP contribution >= 0.6 is 23.2 Å². The van der Waals surface area contributed by atoms with Gasteiger partial charge in [0.1, 0.15) is 5.82 Å². The topological polar surface area (TPSA) is 32.3 Å². The Morgan fingerprint density at radius 3 is 2.63 bits per heavy atom. The number of benzene rings is 1. The minimum Gasteiger partial charge on any atom is -0.389 e. The van der Waals surface area contributed by atoms with Gasteiger partial charge in [-0.2, -0.15) is 0 Å². The lowest BCUT2D eigenvalue weighted by Crippen LogP contribution is -2.38. The number of hydrogen-bond donors (Lipinski definition) is 2. The molecule has 0 bridgehead atoms. The average molecular weight is 308 g/mol. The molecule has 0 aromatic heterocycles. The highest BCUT2D eigenvalue weighted by molar-refractivity contribution is 6.36. The summed E-state index contributed by atoms with van der Waals surface area (Å²) in [5.74, 6) is -0.491. The van der Waals surface area contributed by atoms with Gasteiger partial charge in [0, 0.05) is 23.2 Å². The Bertz CT molecular complexity index is 438. The van der Waals surface area contributed by atoms with E-state index in [4.69, 9.17) is 23.2 Å². The summed E-state index contributed by atoms with van der Waals surface area (Å²) in [5, 5.41) is 13.7. The quantitative estimate of drug-likeness (QED) is 0.767. The highest BCUT2D eigenvalue weighted by Gasteiger charge is 2.22. The first kappa shape index (κ1) is 16.7. The number of halogens is 3. The van der Waals surface area contributed by atoms with Gasteiger partial charge in [-0.1, -0.05) is 36.5 Å². The van der Waals surface area contributed by atoms with Crippen molar-refractivity contribution in [3.63, 3.8) is 0 Å². The van der Waals surface area contributed by atoms with Gasteiger partial charge in [-0.15, -0.1) is 0 Å². The van der Waals surface area contributed by atoms with Crippen LogP contribution in [0.5, 0.6) is 0 Å². The normalized spacial score (nSPS) is 16.2. The molecule has 2 atom stereocenters. The van der Waals surface area contributed by atoms with Crippen LogP contribution in [0.15, 0.2) is 12.1 Å². The molecule has 2 N–H and O–H groups in total. The molecule has 2 nitrogen and oxygen atoms in total. The number of hydrogen-bond acceptors (Lipinski definition) is 2. The molecule has 0 spiro atoms.